The quantitative estimate of drug-likeness (QED) is 0.809. The first-order chi connectivity index (χ1) is 10.3. The Morgan fingerprint density at radius 1 is 1.29 bits per heavy atom. The molecule has 1 aliphatic rings. The van der Waals surface area contributed by atoms with E-state index in [4.69, 9.17) is 4.74 Å². The zero-order chi connectivity index (χ0) is 14.7. The summed E-state index contributed by atoms with van der Waals surface area (Å²) < 4.78 is 5.14. The number of aromatic nitrogens is 1. The van der Waals surface area contributed by atoms with Crippen molar-refractivity contribution in [2.75, 3.05) is 12.0 Å². The largest absolute Gasteiger partial charge is 0.497 e. The highest BCUT2D eigenvalue weighted by molar-refractivity contribution is 6.01. The number of pyridine rings is 1. The Labute approximate surface area is 123 Å². The fraction of sp³-hybridized carbons (Fsp3) is 0.176. The molecule has 0 unspecified atom stereocenters. The number of hydrogen-bond donors (Lipinski definition) is 0. The summed E-state index contributed by atoms with van der Waals surface area (Å²) >= 11 is 0. The summed E-state index contributed by atoms with van der Waals surface area (Å²) in [5.41, 5.74) is 1.93. The van der Waals surface area contributed by atoms with Crippen molar-refractivity contribution in [2.45, 2.75) is 12.5 Å². The fourth-order valence-corrected chi connectivity index (χ4v) is 2.37. The third kappa shape index (κ3) is 2.79. The molecule has 1 aromatic heterocycles. The molecule has 0 N–H and O–H groups in total. The summed E-state index contributed by atoms with van der Waals surface area (Å²) in [6.07, 6.45) is 8.13. The first kappa shape index (κ1) is 13.4. The molecule has 3 rings (SSSR count). The third-order valence-electron chi connectivity index (χ3n) is 3.53. The number of ether oxygens (including phenoxy) is 1. The van der Waals surface area contributed by atoms with Crippen molar-refractivity contribution >= 4 is 17.7 Å². The van der Waals surface area contributed by atoms with Crippen LogP contribution >= 0.6 is 0 Å². The summed E-state index contributed by atoms with van der Waals surface area (Å²) in [7, 11) is 1.63. The maximum absolute atomic E-state index is 11.9. The average Bonchev–Trinajstić information content (AvgIpc) is 2.53. The Morgan fingerprint density at radius 2 is 2.10 bits per heavy atom. The monoisotopic (exact) mass is 280 g/mol. The second-order valence-electron chi connectivity index (χ2n) is 4.88. The zero-order valence-electron chi connectivity index (χ0n) is 11.8. The number of anilines is 1. The topological polar surface area (TPSA) is 42.4 Å². The van der Waals surface area contributed by atoms with E-state index in [1.54, 1.807) is 24.4 Å². The highest BCUT2D eigenvalue weighted by atomic mass is 16.5. The molecule has 2 aromatic rings. The molecule has 1 saturated heterocycles. The minimum Gasteiger partial charge on any atom is -0.497 e. The van der Waals surface area contributed by atoms with Crippen LogP contribution in [-0.4, -0.2) is 24.0 Å². The molecule has 4 nitrogen and oxygen atoms in total. The van der Waals surface area contributed by atoms with Crippen molar-refractivity contribution in [3.05, 3.63) is 60.4 Å². The minimum absolute atomic E-state index is 0.103. The van der Waals surface area contributed by atoms with Gasteiger partial charge in [0.25, 0.3) is 0 Å². The SMILES string of the molecule is COc1ccc(N2C(=O)C[C@H]2/C=C/c2cccnc2)cc1. The lowest BCUT2D eigenvalue weighted by molar-refractivity contribution is -0.123. The highest BCUT2D eigenvalue weighted by Crippen LogP contribution is 2.30. The van der Waals surface area contributed by atoms with E-state index in [1.807, 2.05) is 48.6 Å². The molecule has 0 spiro atoms. The number of amides is 1. The van der Waals surface area contributed by atoms with E-state index in [2.05, 4.69) is 4.98 Å². The summed E-state index contributed by atoms with van der Waals surface area (Å²) in [4.78, 5) is 17.7. The van der Waals surface area contributed by atoms with Crippen LogP contribution in [0.3, 0.4) is 0 Å². The molecule has 1 aliphatic heterocycles. The predicted octanol–water partition coefficient (Wildman–Crippen LogP) is 2.91. The molecule has 1 atom stereocenters. The first-order valence-electron chi connectivity index (χ1n) is 6.82. The van der Waals surface area contributed by atoms with Gasteiger partial charge in [-0.2, -0.15) is 0 Å². The summed E-state index contributed by atoms with van der Waals surface area (Å²) in [6.45, 7) is 0. The molecule has 2 heterocycles. The number of benzene rings is 1. The van der Waals surface area contributed by atoms with Gasteiger partial charge in [0, 0.05) is 18.1 Å². The van der Waals surface area contributed by atoms with Crippen LogP contribution in [0.4, 0.5) is 5.69 Å². The van der Waals surface area contributed by atoms with Crippen LogP contribution in [0.2, 0.25) is 0 Å². The van der Waals surface area contributed by atoms with Gasteiger partial charge in [0.15, 0.2) is 0 Å². The van der Waals surface area contributed by atoms with Gasteiger partial charge in [-0.3, -0.25) is 9.78 Å². The van der Waals surface area contributed by atoms with Crippen LogP contribution < -0.4 is 9.64 Å². The van der Waals surface area contributed by atoms with Crippen molar-refractivity contribution in [1.29, 1.82) is 0 Å². The van der Waals surface area contributed by atoms with Crippen molar-refractivity contribution < 1.29 is 9.53 Å². The summed E-state index contributed by atoms with van der Waals surface area (Å²) in [6, 6.07) is 11.5. The lowest BCUT2D eigenvalue weighted by Crippen LogP contribution is -2.51. The van der Waals surface area contributed by atoms with E-state index < -0.39 is 0 Å². The van der Waals surface area contributed by atoms with Crippen LogP contribution in [0.1, 0.15) is 12.0 Å². The third-order valence-corrected chi connectivity index (χ3v) is 3.53. The van der Waals surface area contributed by atoms with Crippen molar-refractivity contribution in [3.8, 4) is 5.75 Å². The number of methoxy groups -OCH3 is 1. The van der Waals surface area contributed by atoms with Crippen LogP contribution in [0, 0.1) is 0 Å². The number of nitrogens with zero attached hydrogens (tertiary/aromatic N) is 2. The van der Waals surface area contributed by atoms with Gasteiger partial charge in [-0.15, -0.1) is 0 Å². The normalized spacial score (nSPS) is 17.9. The van der Waals surface area contributed by atoms with Crippen molar-refractivity contribution in [3.63, 3.8) is 0 Å². The minimum atomic E-state index is 0.103. The molecule has 0 bridgehead atoms. The second kappa shape index (κ2) is 5.79. The Morgan fingerprint density at radius 3 is 2.71 bits per heavy atom. The number of rotatable bonds is 4. The smallest absolute Gasteiger partial charge is 0.229 e. The Hall–Kier alpha value is -2.62. The maximum atomic E-state index is 11.9. The molecular formula is C17H16N2O2. The van der Waals surface area contributed by atoms with Crippen LogP contribution in [0.5, 0.6) is 5.75 Å². The van der Waals surface area contributed by atoms with Crippen molar-refractivity contribution in [1.82, 2.24) is 4.98 Å². The van der Waals surface area contributed by atoms with Crippen LogP contribution in [0.15, 0.2) is 54.9 Å². The average molecular weight is 280 g/mol. The van der Waals surface area contributed by atoms with Crippen LogP contribution in [0.25, 0.3) is 6.08 Å². The van der Waals surface area contributed by atoms with E-state index in [0.717, 1.165) is 17.0 Å². The van der Waals surface area contributed by atoms with Gasteiger partial charge in [-0.1, -0.05) is 18.2 Å². The van der Waals surface area contributed by atoms with E-state index in [-0.39, 0.29) is 11.9 Å². The highest BCUT2D eigenvalue weighted by Gasteiger charge is 2.35. The van der Waals surface area contributed by atoms with Gasteiger partial charge in [0.1, 0.15) is 5.75 Å². The summed E-state index contributed by atoms with van der Waals surface area (Å²) in [5, 5.41) is 0. The predicted molar refractivity (Wildman–Crippen MR) is 82.2 cm³/mol. The molecule has 0 saturated carbocycles. The maximum Gasteiger partial charge on any atom is 0.229 e. The van der Waals surface area contributed by atoms with Gasteiger partial charge in [-0.25, -0.2) is 0 Å². The Kier molecular flexibility index (Phi) is 3.69. The first-order valence-corrected chi connectivity index (χ1v) is 6.82. The second-order valence-corrected chi connectivity index (χ2v) is 4.88. The molecular weight excluding hydrogens is 264 g/mol. The van der Waals surface area contributed by atoms with E-state index in [0.29, 0.717) is 6.42 Å². The lowest BCUT2D eigenvalue weighted by Gasteiger charge is -2.38. The Balaban J connectivity index is 1.75. The van der Waals surface area contributed by atoms with Gasteiger partial charge < -0.3 is 9.64 Å². The van der Waals surface area contributed by atoms with Gasteiger partial charge in [0.2, 0.25) is 5.91 Å². The molecule has 21 heavy (non-hydrogen) atoms. The van der Waals surface area contributed by atoms with Gasteiger partial charge >= 0.3 is 0 Å². The molecule has 1 aromatic carbocycles. The van der Waals surface area contributed by atoms with Crippen LogP contribution in [-0.2, 0) is 4.79 Å². The van der Waals surface area contributed by atoms with Gasteiger partial charge in [0.05, 0.1) is 19.6 Å². The molecule has 0 aliphatic carbocycles. The van der Waals surface area contributed by atoms with E-state index in [1.165, 1.54) is 0 Å². The van der Waals surface area contributed by atoms with Crippen molar-refractivity contribution in [2.24, 2.45) is 0 Å². The number of hydrogen-bond acceptors (Lipinski definition) is 3. The molecule has 0 radical (unpaired) electrons. The number of carbonyl (C=O) groups excluding carboxylic acids is 1. The molecule has 1 amide bonds. The standard InChI is InChI=1S/C17H16N2O2/c1-21-16-8-6-14(7-9-16)19-15(11-17(19)20)5-4-13-3-2-10-18-12-13/h2-10,12,15H,11H2,1H3/b5-4+/t15-/m1/s1. The van der Waals surface area contributed by atoms with Gasteiger partial charge in [-0.05, 0) is 35.9 Å². The van der Waals surface area contributed by atoms with E-state index >= 15 is 0 Å². The Bertz CT molecular complexity index is 650. The zero-order valence-corrected chi connectivity index (χ0v) is 11.8. The molecule has 1 fully saturated rings. The molecule has 106 valence electrons. The lowest BCUT2D eigenvalue weighted by atomic mass is 9.99. The fourth-order valence-electron chi connectivity index (χ4n) is 2.37. The summed E-state index contributed by atoms with van der Waals surface area (Å²) in [5.74, 6) is 0.926. The number of carbonyl (C=O) groups is 1. The number of β-lactam (4-membered cyclic amide) rings is 1. The van der Waals surface area contributed by atoms with E-state index in [9.17, 15) is 4.79 Å². The molecule has 4 heteroatoms.